The number of aryl methyl sites for hydroxylation is 1. The molecule has 0 saturated carbocycles. The molecule has 0 radical (unpaired) electrons. The van der Waals surface area contributed by atoms with Crippen molar-refractivity contribution in [3.8, 4) is 11.5 Å². The lowest BCUT2D eigenvalue weighted by Gasteiger charge is -2.16. The molecule has 0 aliphatic carbocycles. The predicted molar refractivity (Wildman–Crippen MR) is 68.9 cm³/mol. The summed E-state index contributed by atoms with van der Waals surface area (Å²) in [6, 6.07) is 4.29. The zero-order chi connectivity index (χ0) is 12.3. The minimum Gasteiger partial charge on any atom is -0.490 e. The zero-order valence-corrected chi connectivity index (χ0v) is 10.7. The molecule has 3 nitrogen and oxygen atoms in total. The number of rotatable bonds is 3. The van der Waals surface area contributed by atoms with Crippen LogP contribution in [-0.4, -0.2) is 19.8 Å². The van der Waals surface area contributed by atoms with Gasteiger partial charge in [0.15, 0.2) is 11.5 Å². The number of benzene rings is 1. The van der Waals surface area contributed by atoms with Gasteiger partial charge in [0.1, 0.15) is 0 Å². The van der Waals surface area contributed by atoms with E-state index in [0.717, 1.165) is 43.1 Å². The van der Waals surface area contributed by atoms with E-state index >= 15 is 0 Å². The van der Waals surface area contributed by atoms with Crippen molar-refractivity contribution in [3.05, 3.63) is 23.3 Å². The Labute approximate surface area is 103 Å². The molecule has 1 aromatic carbocycles. The molecule has 1 aliphatic rings. The van der Waals surface area contributed by atoms with Gasteiger partial charge in [0.2, 0.25) is 0 Å². The van der Waals surface area contributed by atoms with Gasteiger partial charge in [0.25, 0.3) is 0 Å². The Kier molecular flexibility index (Phi) is 3.89. The van der Waals surface area contributed by atoms with E-state index in [4.69, 9.17) is 15.2 Å². The molecule has 2 rings (SSSR count). The van der Waals surface area contributed by atoms with Gasteiger partial charge in [-0.05, 0) is 43.0 Å². The third-order valence-electron chi connectivity index (χ3n) is 3.22. The highest BCUT2D eigenvalue weighted by Crippen LogP contribution is 2.36. The Hall–Kier alpha value is -1.22. The molecule has 1 unspecified atom stereocenters. The van der Waals surface area contributed by atoms with Gasteiger partial charge in [-0.25, -0.2) is 0 Å². The Morgan fingerprint density at radius 1 is 1.29 bits per heavy atom. The van der Waals surface area contributed by atoms with Crippen LogP contribution in [0.5, 0.6) is 11.5 Å². The molecule has 3 heteroatoms. The molecule has 1 heterocycles. The first-order valence-corrected chi connectivity index (χ1v) is 6.32. The van der Waals surface area contributed by atoms with Gasteiger partial charge in [0.05, 0.1) is 13.2 Å². The molecule has 0 amide bonds. The van der Waals surface area contributed by atoms with Crippen LogP contribution in [0.2, 0.25) is 0 Å². The summed E-state index contributed by atoms with van der Waals surface area (Å²) in [5.41, 5.74) is 8.06. The van der Waals surface area contributed by atoms with E-state index in [2.05, 4.69) is 26.0 Å². The third kappa shape index (κ3) is 2.72. The SMILES string of the molecule is Cc1cc(C(C)CCN)cc2c1OCCCO2. The second-order valence-electron chi connectivity index (χ2n) is 4.69. The van der Waals surface area contributed by atoms with E-state index < -0.39 is 0 Å². The van der Waals surface area contributed by atoms with Gasteiger partial charge < -0.3 is 15.2 Å². The Bertz CT molecular complexity index is 390. The molecule has 0 aromatic heterocycles. The summed E-state index contributed by atoms with van der Waals surface area (Å²) < 4.78 is 11.5. The van der Waals surface area contributed by atoms with Crippen LogP contribution in [0.25, 0.3) is 0 Å². The van der Waals surface area contributed by atoms with Crippen molar-refractivity contribution in [1.82, 2.24) is 0 Å². The summed E-state index contributed by atoms with van der Waals surface area (Å²) in [6.07, 6.45) is 1.95. The Balaban J connectivity index is 2.31. The van der Waals surface area contributed by atoms with Crippen LogP contribution in [0.1, 0.15) is 36.8 Å². The highest BCUT2D eigenvalue weighted by molar-refractivity contribution is 5.50. The second kappa shape index (κ2) is 5.41. The molecule has 0 fully saturated rings. The van der Waals surface area contributed by atoms with Gasteiger partial charge in [0, 0.05) is 6.42 Å². The van der Waals surface area contributed by atoms with E-state index in [1.165, 1.54) is 5.56 Å². The smallest absolute Gasteiger partial charge is 0.164 e. The lowest BCUT2D eigenvalue weighted by molar-refractivity contribution is 0.296. The van der Waals surface area contributed by atoms with Gasteiger partial charge in [-0.3, -0.25) is 0 Å². The van der Waals surface area contributed by atoms with Gasteiger partial charge in [-0.2, -0.15) is 0 Å². The van der Waals surface area contributed by atoms with Crippen LogP contribution in [0.15, 0.2) is 12.1 Å². The van der Waals surface area contributed by atoms with Crippen molar-refractivity contribution < 1.29 is 9.47 Å². The van der Waals surface area contributed by atoms with E-state index in [9.17, 15) is 0 Å². The van der Waals surface area contributed by atoms with E-state index in [0.29, 0.717) is 12.5 Å². The molecular weight excluding hydrogens is 214 g/mol. The molecule has 2 N–H and O–H groups in total. The van der Waals surface area contributed by atoms with Crippen LogP contribution in [0.4, 0.5) is 0 Å². The predicted octanol–water partition coefficient (Wildman–Crippen LogP) is 2.61. The third-order valence-corrected chi connectivity index (χ3v) is 3.22. The van der Waals surface area contributed by atoms with Gasteiger partial charge >= 0.3 is 0 Å². The Morgan fingerprint density at radius 3 is 2.82 bits per heavy atom. The summed E-state index contributed by atoms with van der Waals surface area (Å²) in [4.78, 5) is 0. The van der Waals surface area contributed by atoms with Crippen LogP contribution < -0.4 is 15.2 Å². The monoisotopic (exact) mass is 235 g/mol. The molecule has 1 atom stereocenters. The maximum atomic E-state index is 5.74. The fraction of sp³-hybridized carbons (Fsp3) is 0.571. The minimum absolute atomic E-state index is 0.468. The number of hydrogen-bond donors (Lipinski definition) is 1. The minimum atomic E-state index is 0.468. The fourth-order valence-electron chi connectivity index (χ4n) is 2.18. The van der Waals surface area contributed by atoms with Crippen LogP contribution in [0.3, 0.4) is 0 Å². The van der Waals surface area contributed by atoms with E-state index in [-0.39, 0.29) is 0 Å². The van der Waals surface area contributed by atoms with Crippen LogP contribution in [0, 0.1) is 6.92 Å². The largest absolute Gasteiger partial charge is 0.490 e. The van der Waals surface area contributed by atoms with Crippen molar-refractivity contribution in [3.63, 3.8) is 0 Å². The topological polar surface area (TPSA) is 44.5 Å². The number of ether oxygens (including phenoxy) is 2. The average Bonchev–Trinajstić information content (AvgIpc) is 2.54. The zero-order valence-electron chi connectivity index (χ0n) is 10.7. The maximum absolute atomic E-state index is 5.74. The molecule has 0 saturated heterocycles. The summed E-state index contributed by atoms with van der Waals surface area (Å²) in [7, 11) is 0. The number of hydrogen-bond acceptors (Lipinski definition) is 3. The molecular formula is C14H21NO2. The number of fused-ring (bicyclic) bond motifs is 1. The lowest BCUT2D eigenvalue weighted by Crippen LogP contribution is -2.05. The molecule has 1 aliphatic heterocycles. The van der Waals surface area contributed by atoms with Crippen molar-refractivity contribution in [2.45, 2.75) is 32.6 Å². The fourth-order valence-corrected chi connectivity index (χ4v) is 2.18. The molecule has 94 valence electrons. The van der Waals surface area contributed by atoms with Crippen LogP contribution in [-0.2, 0) is 0 Å². The highest BCUT2D eigenvalue weighted by atomic mass is 16.5. The standard InChI is InChI=1S/C14H21NO2/c1-10(4-5-15)12-8-11(2)14-13(9-12)16-6-3-7-17-14/h8-10H,3-7,15H2,1-2H3. The summed E-state index contributed by atoms with van der Waals surface area (Å²) in [5, 5.41) is 0. The first kappa shape index (κ1) is 12.2. The van der Waals surface area contributed by atoms with E-state index in [1.54, 1.807) is 0 Å². The first-order valence-electron chi connectivity index (χ1n) is 6.32. The molecule has 0 spiro atoms. The van der Waals surface area contributed by atoms with Crippen molar-refractivity contribution in [2.24, 2.45) is 5.73 Å². The van der Waals surface area contributed by atoms with E-state index in [1.807, 2.05) is 0 Å². The molecule has 17 heavy (non-hydrogen) atoms. The summed E-state index contributed by atoms with van der Waals surface area (Å²) in [6.45, 7) is 6.47. The van der Waals surface area contributed by atoms with Gasteiger partial charge in [-0.1, -0.05) is 13.0 Å². The second-order valence-corrected chi connectivity index (χ2v) is 4.69. The quantitative estimate of drug-likeness (QED) is 0.875. The van der Waals surface area contributed by atoms with Crippen molar-refractivity contribution in [2.75, 3.05) is 19.8 Å². The van der Waals surface area contributed by atoms with Gasteiger partial charge in [-0.15, -0.1) is 0 Å². The molecule has 1 aromatic rings. The van der Waals surface area contributed by atoms with Crippen molar-refractivity contribution >= 4 is 0 Å². The first-order chi connectivity index (χ1) is 8.22. The normalized spacial score (nSPS) is 16.4. The highest BCUT2D eigenvalue weighted by Gasteiger charge is 2.16. The number of nitrogens with two attached hydrogens (primary N) is 1. The summed E-state index contributed by atoms with van der Waals surface area (Å²) >= 11 is 0. The maximum Gasteiger partial charge on any atom is 0.164 e. The van der Waals surface area contributed by atoms with Crippen molar-refractivity contribution in [1.29, 1.82) is 0 Å². The Morgan fingerprint density at radius 2 is 2.06 bits per heavy atom. The summed E-state index contributed by atoms with van der Waals surface area (Å²) in [5.74, 6) is 2.27. The van der Waals surface area contributed by atoms with Crippen LogP contribution >= 0.6 is 0 Å². The lowest BCUT2D eigenvalue weighted by atomic mass is 9.95. The molecule has 0 bridgehead atoms. The average molecular weight is 235 g/mol.